The summed E-state index contributed by atoms with van der Waals surface area (Å²) < 4.78 is 4.75. The molecule has 0 saturated carbocycles. The Morgan fingerprint density at radius 1 is 0.328 bits per heavy atom. The molecule has 12 rings (SSSR count). The van der Waals surface area contributed by atoms with Crippen LogP contribution in [0, 0.1) is 11.3 Å². The lowest BCUT2D eigenvalue weighted by atomic mass is 9.76. The first-order valence-electron chi connectivity index (χ1n) is 21.1. The highest BCUT2D eigenvalue weighted by Crippen LogP contribution is 2.52. The second-order valence-electron chi connectivity index (χ2n) is 15.8. The van der Waals surface area contributed by atoms with Gasteiger partial charge in [-0.3, -0.25) is 19.9 Å². The maximum atomic E-state index is 11.4. The van der Waals surface area contributed by atoms with Gasteiger partial charge in [0.2, 0.25) is 0 Å². The molecule has 64 heavy (non-hydrogen) atoms. The van der Waals surface area contributed by atoms with Gasteiger partial charge in [-0.25, -0.2) is 0 Å². The fourth-order valence-corrected chi connectivity index (χ4v) is 9.69. The van der Waals surface area contributed by atoms with Crippen LogP contribution >= 0.6 is 0 Å². The SMILES string of the molecule is N#Cc1c(-c2cccnc2)c(-c2ccc(-n3c4ccccc4c4cc5c6ccccc6n(-c6ccccc6)c5cc43)cc2)c(-c2cccnc2)c(-c2cccnc2)c1-c1cccnc1. The average Bonchev–Trinajstić information content (AvgIpc) is 3.88. The summed E-state index contributed by atoms with van der Waals surface area (Å²) in [6.45, 7) is 0. The molecular formula is C57H35N7. The van der Waals surface area contributed by atoms with Crippen LogP contribution in [0.5, 0.6) is 0 Å². The molecule has 298 valence electrons. The molecule has 0 N–H and O–H groups in total. The van der Waals surface area contributed by atoms with Crippen LogP contribution in [0.15, 0.2) is 213 Å². The van der Waals surface area contributed by atoms with Gasteiger partial charge < -0.3 is 9.13 Å². The van der Waals surface area contributed by atoms with Crippen molar-refractivity contribution in [2.24, 2.45) is 0 Å². The van der Waals surface area contributed by atoms with Crippen LogP contribution in [0.4, 0.5) is 0 Å². The van der Waals surface area contributed by atoms with Crippen molar-refractivity contribution in [1.82, 2.24) is 29.1 Å². The Bertz CT molecular complexity index is 3740. The van der Waals surface area contributed by atoms with Crippen molar-refractivity contribution < 1.29 is 0 Å². The Morgan fingerprint density at radius 2 is 0.734 bits per heavy atom. The summed E-state index contributed by atoms with van der Waals surface area (Å²) in [7, 11) is 0. The minimum absolute atomic E-state index is 0.520. The molecule has 7 heteroatoms. The summed E-state index contributed by atoms with van der Waals surface area (Å²) in [5.41, 5.74) is 15.8. The molecule has 7 nitrogen and oxygen atoms in total. The zero-order valence-electron chi connectivity index (χ0n) is 34.3. The molecular weight excluding hydrogens is 783 g/mol. The first-order valence-corrected chi connectivity index (χ1v) is 21.1. The largest absolute Gasteiger partial charge is 0.309 e. The van der Waals surface area contributed by atoms with E-state index in [4.69, 9.17) is 0 Å². The van der Waals surface area contributed by atoms with Gasteiger partial charge in [0.25, 0.3) is 0 Å². The van der Waals surface area contributed by atoms with Crippen LogP contribution in [0.2, 0.25) is 0 Å². The predicted molar refractivity (Wildman–Crippen MR) is 258 cm³/mol. The zero-order valence-corrected chi connectivity index (χ0v) is 34.3. The number of nitrogens with zero attached hydrogens (tertiary/aromatic N) is 7. The van der Waals surface area contributed by atoms with Crippen molar-refractivity contribution in [2.75, 3.05) is 0 Å². The van der Waals surface area contributed by atoms with E-state index in [1.807, 2.05) is 61.2 Å². The lowest BCUT2D eigenvalue weighted by Gasteiger charge is -2.25. The standard InChI is InChI=1S/C57H35N7/c58-32-48-53(38-12-8-26-59-33-38)55(57(41-15-11-29-62-36-41)56(40-14-10-28-61-35-40)54(48)39-13-9-27-60-34-39)37-22-24-43(25-23-37)64-50-21-7-5-19-45(50)47-30-46-44-18-4-6-20-49(44)63(51(46)31-52(47)64)42-16-2-1-3-17-42/h1-31,33-36H. The molecule has 0 spiro atoms. The van der Waals surface area contributed by atoms with Gasteiger partial charge in [-0.1, -0.05) is 91.0 Å². The van der Waals surface area contributed by atoms with E-state index in [1.54, 1.807) is 24.8 Å². The van der Waals surface area contributed by atoms with Crippen LogP contribution < -0.4 is 0 Å². The van der Waals surface area contributed by atoms with Crippen molar-refractivity contribution in [3.63, 3.8) is 0 Å². The third-order valence-corrected chi connectivity index (χ3v) is 12.3. The van der Waals surface area contributed by atoms with Gasteiger partial charge >= 0.3 is 0 Å². The van der Waals surface area contributed by atoms with E-state index < -0.39 is 0 Å². The van der Waals surface area contributed by atoms with Gasteiger partial charge in [0.1, 0.15) is 6.07 Å². The summed E-state index contributed by atoms with van der Waals surface area (Å²) >= 11 is 0. The van der Waals surface area contributed by atoms with E-state index in [2.05, 4.69) is 163 Å². The Kier molecular flexibility index (Phi) is 8.73. The number of rotatable bonds is 7. The summed E-state index contributed by atoms with van der Waals surface area (Å²) in [6.07, 6.45) is 14.5. The van der Waals surface area contributed by atoms with E-state index in [1.165, 1.54) is 27.1 Å². The molecule has 12 aromatic rings. The molecule has 6 aromatic carbocycles. The number of hydrogen-bond acceptors (Lipinski definition) is 5. The maximum absolute atomic E-state index is 11.4. The Morgan fingerprint density at radius 3 is 1.19 bits per heavy atom. The monoisotopic (exact) mass is 817 g/mol. The molecule has 0 aliphatic rings. The number of hydrogen-bond donors (Lipinski definition) is 0. The highest BCUT2D eigenvalue weighted by Gasteiger charge is 2.29. The molecule has 6 aromatic heterocycles. The minimum atomic E-state index is 0.520. The van der Waals surface area contributed by atoms with E-state index in [-0.39, 0.29) is 0 Å². The van der Waals surface area contributed by atoms with Gasteiger partial charge in [-0.05, 0) is 83.9 Å². The third-order valence-electron chi connectivity index (χ3n) is 12.3. The molecule has 0 amide bonds. The van der Waals surface area contributed by atoms with Crippen molar-refractivity contribution in [3.8, 4) is 73.1 Å². The highest BCUT2D eigenvalue weighted by molar-refractivity contribution is 6.19. The lowest BCUT2D eigenvalue weighted by Crippen LogP contribution is -2.03. The minimum Gasteiger partial charge on any atom is -0.309 e. The normalized spacial score (nSPS) is 11.4. The molecule has 0 fully saturated rings. The van der Waals surface area contributed by atoms with Gasteiger partial charge in [0.15, 0.2) is 0 Å². The Labute approximate surface area is 368 Å². The number of fused-ring (bicyclic) bond motifs is 6. The van der Waals surface area contributed by atoms with Crippen LogP contribution in [-0.2, 0) is 0 Å². The molecule has 0 saturated heterocycles. The highest BCUT2D eigenvalue weighted by atomic mass is 15.0. The second kappa shape index (κ2) is 15.2. The average molecular weight is 818 g/mol. The van der Waals surface area contributed by atoms with Crippen LogP contribution in [0.3, 0.4) is 0 Å². The molecule has 0 radical (unpaired) electrons. The fourth-order valence-electron chi connectivity index (χ4n) is 9.69. The van der Waals surface area contributed by atoms with Crippen molar-refractivity contribution in [3.05, 3.63) is 219 Å². The maximum Gasteiger partial charge on any atom is 0.100 e. The summed E-state index contributed by atoms with van der Waals surface area (Å²) in [6, 6.07) is 60.0. The smallest absolute Gasteiger partial charge is 0.100 e. The molecule has 6 heterocycles. The molecule has 0 atom stereocenters. The predicted octanol–water partition coefficient (Wildman–Crippen LogP) is 13.7. The Hall–Kier alpha value is -8.99. The fraction of sp³-hybridized carbons (Fsp3) is 0. The van der Waals surface area contributed by atoms with Crippen LogP contribution in [-0.4, -0.2) is 29.1 Å². The van der Waals surface area contributed by atoms with E-state index >= 15 is 0 Å². The summed E-state index contributed by atoms with van der Waals surface area (Å²) in [5, 5.41) is 16.2. The van der Waals surface area contributed by atoms with E-state index in [0.29, 0.717) is 5.56 Å². The van der Waals surface area contributed by atoms with Gasteiger partial charge in [-0.2, -0.15) is 5.26 Å². The van der Waals surface area contributed by atoms with Crippen molar-refractivity contribution in [1.29, 1.82) is 5.26 Å². The third kappa shape index (κ3) is 5.82. The number of aromatic nitrogens is 6. The first-order chi connectivity index (χ1) is 31.8. The number of benzene rings is 6. The van der Waals surface area contributed by atoms with Gasteiger partial charge in [0.05, 0.1) is 27.6 Å². The van der Waals surface area contributed by atoms with Gasteiger partial charge in [-0.15, -0.1) is 0 Å². The van der Waals surface area contributed by atoms with Gasteiger partial charge in [0, 0.05) is 127 Å². The summed E-state index contributed by atoms with van der Waals surface area (Å²) in [4.78, 5) is 18.3. The number of nitriles is 1. The molecule has 0 unspecified atom stereocenters. The number of pyridine rings is 4. The van der Waals surface area contributed by atoms with E-state index in [9.17, 15) is 5.26 Å². The quantitative estimate of drug-likeness (QED) is 0.160. The zero-order chi connectivity index (χ0) is 42.6. The first kappa shape index (κ1) is 36.8. The van der Waals surface area contributed by atoms with E-state index in [0.717, 1.165) is 83.6 Å². The molecule has 0 bridgehead atoms. The molecule has 0 aliphatic carbocycles. The number of para-hydroxylation sites is 3. The van der Waals surface area contributed by atoms with Crippen LogP contribution in [0.1, 0.15) is 5.56 Å². The van der Waals surface area contributed by atoms with Crippen molar-refractivity contribution >= 4 is 43.6 Å². The van der Waals surface area contributed by atoms with Crippen molar-refractivity contribution in [2.45, 2.75) is 0 Å². The summed E-state index contributed by atoms with van der Waals surface area (Å²) in [5.74, 6) is 0. The second-order valence-corrected chi connectivity index (χ2v) is 15.8. The topological polar surface area (TPSA) is 85.2 Å². The lowest BCUT2D eigenvalue weighted by molar-refractivity contribution is 1.16. The Balaban J connectivity index is 1.16. The molecule has 0 aliphatic heterocycles. The van der Waals surface area contributed by atoms with Crippen LogP contribution in [0.25, 0.3) is 111 Å².